The Hall–Kier alpha value is -2.23. The highest BCUT2D eigenvalue weighted by Gasteiger charge is 2.52. The number of nitrogens with zero attached hydrogens (tertiary/aromatic N) is 4. The maximum absolute atomic E-state index is 12.7. The number of rotatable bonds is 5. The van der Waals surface area contributed by atoms with Crippen molar-refractivity contribution in [3.05, 3.63) is 40.3 Å². The van der Waals surface area contributed by atoms with E-state index in [1.165, 1.54) is 10.2 Å². The summed E-state index contributed by atoms with van der Waals surface area (Å²) in [6.45, 7) is 13.6. The fraction of sp³-hybridized carbons (Fsp3) is 0.609. The minimum Gasteiger partial charge on any atom is -0.398 e. The van der Waals surface area contributed by atoms with E-state index in [9.17, 15) is 4.79 Å². The van der Waals surface area contributed by atoms with Crippen molar-refractivity contribution in [1.82, 2.24) is 19.7 Å². The van der Waals surface area contributed by atoms with Crippen LogP contribution in [0.3, 0.4) is 0 Å². The smallest absolute Gasteiger partial charge is 0.398 e. The van der Waals surface area contributed by atoms with E-state index < -0.39 is 18.3 Å². The van der Waals surface area contributed by atoms with Gasteiger partial charge in [0, 0.05) is 13.2 Å². The van der Waals surface area contributed by atoms with Gasteiger partial charge in [-0.15, -0.1) is 0 Å². The molecule has 2 aromatic heterocycles. The minimum atomic E-state index is -0.642. The molecule has 0 unspecified atom stereocenters. The summed E-state index contributed by atoms with van der Waals surface area (Å²) in [5.74, 6) is 1.17. The van der Waals surface area contributed by atoms with Gasteiger partial charge < -0.3 is 19.5 Å². The zero-order valence-electron chi connectivity index (χ0n) is 20.0. The summed E-state index contributed by atoms with van der Waals surface area (Å²) in [6.07, 6.45) is 4.24. The minimum absolute atomic E-state index is 0.233. The summed E-state index contributed by atoms with van der Waals surface area (Å²) in [6, 6.07) is 5.75. The van der Waals surface area contributed by atoms with Gasteiger partial charge in [0.15, 0.2) is 0 Å². The molecule has 4 heterocycles. The molecule has 8 nitrogen and oxygen atoms in total. The third-order valence-electron chi connectivity index (χ3n) is 7.13. The van der Waals surface area contributed by atoms with E-state index in [2.05, 4.69) is 33.3 Å². The number of hydrogen-bond acceptors (Lipinski definition) is 7. The van der Waals surface area contributed by atoms with Crippen LogP contribution < -0.4 is 16.5 Å². The molecular weight excluding hydrogens is 405 g/mol. The molecule has 2 aliphatic rings. The van der Waals surface area contributed by atoms with Crippen molar-refractivity contribution in [3.63, 3.8) is 0 Å². The first-order valence-electron chi connectivity index (χ1n) is 11.5. The molecule has 2 fully saturated rings. The maximum Gasteiger partial charge on any atom is 0.516 e. The molecule has 0 saturated carbocycles. The third kappa shape index (κ3) is 4.47. The van der Waals surface area contributed by atoms with Crippen molar-refractivity contribution >= 4 is 24.2 Å². The number of piperidine rings is 1. The monoisotopic (exact) mass is 439 g/mol. The summed E-state index contributed by atoms with van der Waals surface area (Å²) in [4.78, 5) is 19.8. The largest absolute Gasteiger partial charge is 0.516 e. The van der Waals surface area contributed by atoms with E-state index in [4.69, 9.17) is 9.31 Å². The SMILES string of the molecule is CCN1CCC(c2ccc(Nc3cc(B4OC(C)(C)C(C)(C)O4)nn(C)c3=O)nc2)CC1. The summed E-state index contributed by atoms with van der Waals surface area (Å²) in [5.41, 5.74) is 1.00. The van der Waals surface area contributed by atoms with Crippen LogP contribution in [-0.4, -0.2) is 57.6 Å². The van der Waals surface area contributed by atoms with Crippen LogP contribution in [0.4, 0.5) is 11.5 Å². The zero-order chi connectivity index (χ0) is 23.1. The Balaban J connectivity index is 1.50. The first-order chi connectivity index (χ1) is 15.1. The summed E-state index contributed by atoms with van der Waals surface area (Å²) < 4.78 is 13.5. The van der Waals surface area contributed by atoms with E-state index in [1.807, 2.05) is 40.0 Å². The van der Waals surface area contributed by atoms with Crippen LogP contribution in [0.2, 0.25) is 0 Å². The summed E-state index contributed by atoms with van der Waals surface area (Å²) in [5, 5.41) is 7.53. The van der Waals surface area contributed by atoms with Gasteiger partial charge in [0.2, 0.25) is 0 Å². The van der Waals surface area contributed by atoms with Gasteiger partial charge in [-0.25, -0.2) is 9.67 Å². The van der Waals surface area contributed by atoms with E-state index in [0.717, 1.165) is 32.5 Å². The lowest BCUT2D eigenvalue weighted by Crippen LogP contribution is -2.41. The lowest BCUT2D eigenvalue weighted by Gasteiger charge is -2.32. The molecule has 2 aromatic rings. The average Bonchev–Trinajstić information content (AvgIpc) is 2.99. The van der Waals surface area contributed by atoms with Gasteiger partial charge in [0.05, 0.1) is 16.8 Å². The third-order valence-corrected chi connectivity index (χ3v) is 7.13. The molecule has 0 spiro atoms. The van der Waals surface area contributed by atoms with Gasteiger partial charge in [-0.3, -0.25) is 4.79 Å². The Bertz CT molecular complexity index is 997. The highest BCUT2D eigenvalue weighted by molar-refractivity contribution is 6.61. The lowest BCUT2D eigenvalue weighted by molar-refractivity contribution is 0.00578. The number of hydrogen-bond donors (Lipinski definition) is 1. The summed E-state index contributed by atoms with van der Waals surface area (Å²) in [7, 11) is 0.984. The van der Waals surface area contributed by atoms with E-state index in [1.54, 1.807) is 13.1 Å². The molecule has 1 N–H and O–H groups in total. The van der Waals surface area contributed by atoms with Crippen LogP contribution in [0.15, 0.2) is 29.2 Å². The second kappa shape index (κ2) is 8.61. The van der Waals surface area contributed by atoms with Gasteiger partial charge in [0.25, 0.3) is 5.56 Å². The highest BCUT2D eigenvalue weighted by Crippen LogP contribution is 2.36. The maximum atomic E-state index is 12.7. The molecule has 0 bridgehead atoms. The van der Waals surface area contributed by atoms with Crippen molar-refractivity contribution in [1.29, 1.82) is 0 Å². The molecule has 2 saturated heterocycles. The molecule has 0 amide bonds. The number of aromatic nitrogens is 3. The van der Waals surface area contributed by atoms with E-state index in [-0.39, 0.29) is 5.56 Å². The number of anilines is 2. The predicted molar refractivity (Wildman–Crippen MR) is 127 cm³/mol. The number of pyridine rings is 1. The standard InChI is InChI=1S/C23H34BN5O3/c1-7-29-12-10-16(11-13-29)17-8-9-20(25-15-17)26-18-14-19(27-28(6)21(18)30)24-31-22(2,3)23(4,5)32-24/h8-9,14-16H,7,10-13H2,1-6H3,(H,25,26). The molecule has 0 aliphatic carbocycles. The molecule has 4 rings (SSSR count). The normalized spacial score (nSPS) is 21.1. The molecule has 2 aliphatic heterocycles. The first-order valence-corrected chi connectivity index (χ1v) is 11.5. The van der Waals surface area contributed by atoms with Gasteiger partial charge >= 0.3 is 7.12 Å². The topological polar surface area (TPSA) is 81.5 Å². The molecule has 0 radical (unpaired) electrons. The number of nitrogens with one attached hydrogen (secondary N) is 1. The van der Waals surface area contributed by atoms with Crippen molar-refractivity contribution in [2.24, 2.45) is 7.05 Å². The molecule has 0 atom stereocenters. The number of likely N-dealkylation sites (tertiary alicyclic amines) is 1. The Morgan fingerprint density at radius 2 is 1.81 bits per heavy atom. The predicted octanol–water partition coefficient (Wildman–Crippen LogP) is 2.42. The first kappa shape index (κ1) is 23.0. The average molecular weight is 439 g/mol. The van der Waals surface area contributed by atoms with Crippen LogP contribution >= 0.6 is 0 Å². The van der Waals surface area contributed by atoms with Gasteiger partial charge in [-0.05, 0) is 83.8 Å². The molecule has 0 aromatic carbocycles. The Kier molecular flexibility index (Phi) is 6.18. The van der Waals surface area contributed by atoms with Crippen molar-refractivity contribution < 1.29 is 9.31 Å². The zero-order valence-corrected chi connectivity index (χ0v) is 20.0. The van der Waals surface area contributed by atoms with Crippen molar-refractivity contribution in [2.75, 3.05) is 25.0 Å². The van der Waals surface area contributed by atoms with Gasteiger partial charge in [-0.1, -0.05) is 13.0 Å². The Morgan fingerprint density at radius 1 is 1.16 bits per heavy atom. The lowest BCUT2D eigenvalue weighted by atomic mass is 9.84. The second-order valence-electron chi connectivity index (χ2n) is 9.81. The van der Waals surface area contributed by atoms with Crippen molar-refractivity contribution in [2.45, 2.75) is 64.6 Å². The van der Waals surface area contributed by atoms with E-state index in [0.29, 0.717) is 23.0 Å². The quantitative estimate of drug-likeness (QED) is 0.717. The van der Waals surface area contributed by atoms with Crippen LogP contribution in [0, 0.1) is 0 Å². The molecule has 172 valence electrons. The van der Waals surface area contributed by atoms with Gasteiger partial charge in [-0.2, -0.15) is 5.10 Å². The molecular formula is C23H34BN5O3. The fourth-order valence-corrected chi connectivity index (χ4v) is 4.24. The Morgan fingerprint density at radius 3 is 2.38 bits per heavy atom. The van der Waals surface area contributed by atoms with Crippen molar-refractivity contribution in [3.8, 4) is 0 Å². The van der Waals surface area contributed by atoms with Crippen LogP contribution in [-0.2, 0) is 16.4 Å². The molecule has 32 heavy (non-hydrogen) atoms. The fourth-order valence-electron chi connectivity index (χ4n) is 4.24. The van der Waals surface area contributed by atoms with Crippen LogP contribution in [0.5, 0.6) is 0 Å². The summed E-state index contributed by atoms with van der Waals surface area (Å²) >= 11 is 0. The highest BCUT2D eigenvalue weighted by atomic mass is 16.7. The Labute approximate surface area is 190 Å². The van der Waals surface area contributed by atoms with E-state index >= 15 is 0 Å². The van der Waals surface area contributed by atoms with Gasteiger partial charge in [0.1, 0.15) is 11.5 Å². The van der Waals surface area contributed by atoms with Crippen LogP contribution in [0.25, 0.3) is 0 Å². The number of aryl methyl sites for hydroxylation is 1. The van der Waals surface area contributed by atoms with Crippen LogP contribution in [0.1, 0.15) is 58.9 Å². The second-order valence-corrected chi connectivity index (χ2v) is 9.81. The molecule has 9 heteroatoms.